The largest absolute Gasteiger partial charge is 0.474 e. The van der Waals surface area contributed by atoms with Crippen molar-refractivity contribution in [3.8, 4) is 0 Å². The number of hydrogen-bond donors (Lipinski definition) is 0. The first kappa shape index (κ1) is 30.1. The van der Waals surface area contributed by atoms with E-state index in [0.29, 0.717) is 12.5 Å². The third-order valence-corrected chi connectivity index (χ3v) is 8.69. The van der Waals surface area contributed by atoms with Crippen LogP contribution in [0.25, 0.3) is 0 Å². The summed E-state index contributed by atoms with van der Waals surface area (Å²) in [5.74, 6) is 0.472. The van der Waals surface area contributed by atoms with Crippen LogP contribution in [-0.2, 0) is 4.74 Å². The van der Waals surface area contributed by atoms with Gasteiger partial charge >= 0.3 is 0 Å². The van der Waals surface area contributed by atoms with E-state index in [1.54, 1.807) is 0 Å². The summed E-state index contributed by atoms with van der Waals surface area (Å²) in [6.07, 6.45) is 0. The molecule has 0 unspecified atom stereocenters. The van der Waals surface area contributed by atoms with Crippen molar-refractivity contribution in [3.63, 3.8) is 0 Å². The second-order valence-corrected chi connectivity index (χ2v) is 12.6. The molecule has 0 saturated carbocycles. The molecule has 47 heavy (non-hydrogen) atoms. The third-order valence-electron chi connectivity index (χ3n) is 8.69. The van der Waals surface area contributed by atoms with Gasteiger partial charge in [-0.3, -0.25) is 0 Å². The number of ether oxygens (including phenoxy) is 1. The number of hydrogen-bond acceptors (Lipinski definition) is 3. The maximum Gasteiger partial charge on any atom is 0.236 e. The first-order valence-electron chi connectivity index (χ1n) is 16.3. The molecule has 3 nitrogen and oxygen atoms in total. The number of benzene rings is 6. The van der Waals surface area contributed by atoms with Crippen LogP contribution < -0.4 is 0 Å². The zero-order valence-corrected chi connectivity index (χ0v) is 26.8. The van der Waals surface area contributed by atoms with E-state index in [9.17, 15) is 0 Å². The highest BCUT2D eigenvalue weighted by Gasteiger charge is 2.32. The summed E-state index contributed by atoms with van der Waals surface area (Å²) < 4.78 is 6.32. The highest BCUT2D eigenvalue weighted by atomic mass is 16.5. The molecule has 0 aromatic heterocycles. The summed E-state index contributed by atoms with van der Waals surface area (Å²) in [6.45, 7) is 4.71. The number of rotatable bonds is 9. The van der Waals surface area contributed by atoms with Gasteiger partial charge in [-0.1, -0.05) is 170 Å². The molecule has 7 rings (SSSR count). The van der Waals surface area contributed by atoms with E-state index in [1.807, 2.05) is 18.2 Å². The molecule has 0 radical (unpaired) electrons. The van der Waals surface area contributed by atoms with Gasteiger partial charge in [0, 0.05) is 17.4 Å². The molecule has 3 heteroatoms. The Morgan fingerprint density at radius 2 is 0.915 bits per heavy atom. The summed E-state index contributed by atoms with van der Waals surface area (Å²) in [4.78, 5) is 10.7. The van der Waals surface area contributed by atoms with Crippen LogP contribution >= 0.6 is 0 Å². The topological polar surface area (TPSA) is 34.0 Å². The van der Waals surface area contributed by atoms with Gasteiger partial charge in [0.2, 0.25) is 5.90 Å². The van der Waals surface area contributed by atoms with Crippen LogP contribution in [-0.4, -0.2) is 23.8 Å². The third kappa shape index (κ3) is 6.57. The van der Waals surface area contributed by atoms with E-state index in [-0.39, 0.29) is 17.4 Å². The van der Waals surface area contributed by atoms with Crippen molar-refractivity contribution >= 4 is 17.3 Å². The van der Waals surface area contributed by atoms with Gasteiger partial charge in [0.05, 0.1) is 11.2 Å². The SMILES string of the molecule is CC1(C)COC(/C(=N/c2c(C(c3ccccc3)c3ccccc3)cccc2C(c2ccccc2)c2ccccc2)c2ccccc2)=N1. The Morgan fingerprint density at radius 1 is 0.532 bits per heavy atom. The first-order valence-corrected chi connectivity index (χ1v) is 16.3. The van der Waals surface area contributed by atoms with Gasteiger partial charge in [-0.25, -0.2) is 9.98 Å². The minimum atomic E-state index is -0.333. The molecule has 1 heterocycles. The van der Waals surface area contributed by atoms with Crippen LogP contribution in [0.3, 0.4) is 0 Å². The number of nitrogens with zero attached hydrogens (tertiary/aromatic N) is 2. The Balaban J connectivity index is 1.57. The Morgan fingerprint density at radius 3 is 1.28 bits per heavy atom. The second kappa shape index (κ2) is 13.4. The number of para-hydroxylation sites is 1. The molecule has 0 fully saturated rings. The molecule has 6 aromatic rings. The van der Waals surface area contributed by atoms with Gasteiger partial charge in [0.25, 0.3) is 0 Å². The first-order chi connectivity index (χ1) is 23.1. The van der Waals surface area contributed by atoms with Crippen LogP contribution in [0, 0.1) is 0 Å². The van der Waals surface area contributed by atoms with Gasteiger partial charge in [0.15, 0.2) is 0 Å². The van der Waals surface area contributed by atoms with E-state index in [1.165, 1.54) is 22.3 Å². The molecule has 0 amide bonds. The molecule has 0 saturated heterocycles. The van der Waals surface area contributed by atoms with Gasteiger partial charge in [-0.15, -0.1) is 0 Å². The van der Waals surface area contributed by atoms with E-state index >= 15 is 0 Å². The van der Waals surface area contributed by atoms with Gasteiger partial charge < -0.3 is 4.74 Å². The Kier molecular flexibility index (Phi) is 8.62. The van der Waals surface area contributed by atoms with Crippen LogP contribution in [0.4, 0.5) is 5.69 Å². The standard InChI is InChI=1S/C44H38N2O/c1-44(2)31-47-43(46-44)41(36-27-16-7-17-28-36)45-42-37(39(32-19-8-3-9-20-32)33-21-10-4-11-22-33)29-18-30-38(42)40(34-23-12-5-13-24-34)35-25-14-6-15-26-35/h3-30,39-40H,31H2,1-2H3/b45-41+. The molecular weight excluding hydrogens is 572 g/mol. The van der Waals surface area contributed by atoms with Gasteiger partial charge in [-0.05, 0) is 47.2 Å². The summed E-state index contributed by atoms with van der Waals surface area (Å²) in [6, 6.07) is 60.0. The predicted octanol–water partition coefficient (Wildman–Crippen LogP) is 10.4. The molecule has 0 aliphatic carbocycles. The highest BCUT2D eigenvalue weighted by Crippen LogP contribution is 2.45. The fraction of sp³-hybridized carbons (Fsp3) is 0.136. The zero-order chi connectivity index (χ0) is 32.1. The lowest BCUT2D eigenvalue weighted by molar-refractivity contribution is 0.282. The molecule has 230 valence electrons. The molecule has 0 atom stereocenters. The summed E-state index contributed by atoms with van der Waals surface area (Å²) in [5.41, 5.74) is 9.39. The van der Waals surface area contributed by atoms with Crippen molar-refractivity contribution in [2.75, 3.05) is 6.61 Å². The fourth-order valence-electron chi connectivity index (χ4n) is 6.51. The molecular formula is C44H38N2O. The van der Waals surface area contributed by atoms with E-state index in [0.717, 1.165) is 28.1 Å². The minimum absolute atomic E-state index is 0.0526. The van der Waals surface area contributed by atoms with Crippen LogP contribution in [0.15, 0.2) is 180 Å². The average molecular weight is 611 g/mol. The molecule has 6 aromatic carbocycles. The number of aliphatic imine (C=N–C) groups is 2. The van der Waals surface area contributed by atoms with Crippen molar-refractivity contribution < 1.29 is 4.74 Å². The van der Waals surface area contributed by atoms with E-state index < -0.39 is 0 Å². The normalized spacial score (nSPS) is 14.2. The highest BCUT2D eigenvalue weighted by molar-refractivity contribution is 6.46. The molecule has 1 aliphatic rings. The van der Waals surface area contributed by atoms with Crippen molar-refractivity contribution in [1.82, 2.24) is 0 Å². The van der Waals surface area contributed by atoms with Crippen LogP contribution in [0.1, 0.15) is 64.6 Å². The molecule has 0 bridgehead atoms. The van der Waals surface area contributed by atoms with Crippen molar-refractivity contribution in [3.05, 3.63) is 209 Å². The quantitative estimate of drug-likeness (QED) is 0.118. The molecule has 1 aliphatic heterocycles. The lowest BCUT2D eigenvalue weighted by Gasteiger charge is -2.26. The summed E-state index contributed by atoms with van der Waals surface area (Å²) in [7, 11) is 0. The molecule has 0 N–H and O–H groups in total. The van der Waals surface area contributed by atoms with Crippen molar-refractivity contribution in [2.45, 2.75) is 31.2 Å². The summed E-state index contributed by atoms with van der Waals surface area (Å²) >= 11 is 0. The van der Waals surface area contributed by atoms with Crippen molar-refractivity contribution in [2.24, 2.45) is 9.98 Å². The van der Waals surface area contributed by atoms with Gasteiger partial charge in [-0.2, -0.15) is 0 Å². The van der Waals surface area contributed by atoms with Gasteiger partial charge in [0.1, 0.15) is 12.3 Å². The summed E-state index contributed by atoms with van der Waals surface area (Å²) in [5, 5.41) is 0. The maximum absolute atomic E-state index is 6.32. The lowest BCUT2D eigenvalue weighted by Crippen LogP contribution is -2.17. The van der Waals surface area contributed by atoms with Crippen LogP contribution in [0.2, 0.25) is 0 Å². The monoisotopic (exact) mass is 610 g/mol. The van der Waals surface area contributed by atoms with Crippen LogP contribution in [0.5, 0.6) is 0 Å². The zero-order valence-electron chi connectivity index (χ0n) is 26.8. The maximum atomic E-state index is 6.32. The Bertz CT molecular complexity index is 1800. The average Bonchev–Trinajstić information content (AvgIpc) is 3.49. The second-order valence-electron chi connectivity index (χ2n) is 12.6. The smallest absolute Gasteiger partial charge is 0.236 e. The van der Waals surface area contributed by atoms with E-state index in [2.05, 4.69) is 166 Å². The Hall–Kier alpha value is -5.54. The molecule has 0 spiro atoms. The Labute approximate surface area is 278 Å². The minimum Gasteiger partial charge on any atom is -0.474 e. The lowest BCUT2D eigenvalue weighted by atomic mass is 9.79. The fourth-order valence-corrected chi connectivity index (χ4v) is 6.51. The van der Waals surface area contributed by atoms with E-state index in [4.69, 9.17) is 14.7 Å². The predicted molar refractivity (Wildman–Crippen MR) is 194 cm³/mol. The van der Waals surface area contributed by atoms with Crippen molar-refractivity contribution in [1.29, 1.82) is 0 Å².